The van der Waals surface area contributed by atoms with E-state index in [1.807, 2.05) is 6.92 Å². The molecule has 2 aliphatic carbocycles. The van der Waals surface area contributed by atoms with Crippen LogP contribution in [-0.4, -0.2) is 28.2 Å². The third-order valence-electron chi connectivity index (χ3n) is 6.26. The lowest BCUT2D eigenvalue weighted by atomic mass is 9.54. The summed E-state index contributed by atoms with van der Waals surface area (Å²) in [4.78, 5) is 13.3. The highest BCUT2D eigenvalue weighted by Gasteiger charge is 2.53. The standard InChI is InChI=1S/C21H24O6/c1-20(2)6-5-7-21(3)13-12(15(24)18(26-4)19(20)21)14(23)11-8-10(9-22)27-17(11)16(13)25/h8,22-23,25H,5-7,9H2,1-4H3/t21-/m1/s1. The van der Waals surface area contributed by atoms with E-state index in [9.17, 15) is 20.1 Å². The first-order valence-electron chi connectivity index (χ1n) is 9.13. The first-order chi connectivity index (χ1) is 12.7. The Morgan fingerprint density at radius 2 is 1.89 bits per heavy atom. The van der Waals surface area contributed by atoms with E-state index in [1.165, 1.54) is 13.2 Å². The molecule has 144 valence electrons. The molecule has 27 heavy (non-hydrogen) atoms. The lowest BCUT2D eigenvalue weighted by molar-refractivity contribution is 0.0903. The Bertz CT molecular complexity index is 1010. The number of phenols is 2. The van der Waals surface area contributed by atoms with Crippen molar-refractivity contribution in [3.8, 4) is 11.5 Å². The molecule has 1 aromatic heterocycles. The van der Waals surface area contributed by atoms with Gasteiger partial charge in [-0.25, -0.2) is 0 Å². The van der Waals surface area contributed by atoms with E-state index in [0.29, 0.717) is 12.0 Å². The second-order valence-corrected chi connectivity index (χ2v) is 8.37. The second-order valence-electron chi connectivity index (χ2n) is 8.37. The number of fused-ring (bicyclic) bond motifs is 4. The molecule has 1 atom stereocenters. The van der Waals surface area contributed by atoms with Crippen molar-refractivity contribution in [2.24, 2.45) is 5.41 Å². The highest BCUT2D eigenvalue weighted by molar-refractivity contribution is 6.16. The van der Waals surface area contributed by atoms with Gasteiger partial charge in [-0.05, 0) is 29.9 Å². The van der Waals surface area contributed by atoms with Crippen LogP contribution in [0.2, 0.25) is 0 Å². The number of rotatable bonds is 2. The third kappa shape index (κ3) is 2.13. The molecule has 6 heteroatoms. The van der Waals surface area contributed by atoms with Crippen LogP contribution in [-0.2, 0) is 16.8 Å². The van der Waals surface area contributed by atoms with Crippen LogP contribution in [0.5, 0.6) is 11.5 Å². The number of carbonyl (C=O) groups excluding carboxylic acids is 1. The topological polar surface area (TPSA) is 100 Å². The Morgan fingerprint density at radius 1 is 1.19 bits per heavy atom. The van der Waals surface area contributed by atoms with Crippen LogP contribution in [0.1, 0.15) is 61.7 Å². The number of Topliss-reactive ketones (excluding diaryl/α,β-unsaturated/α-hetero) is 1. The molecule has 1 heterocycles. The van der Waals surface area contributed by atoms with E-state index in [-0.39, 0.29) is 51.6 Å². The number of aliphatic hydroxyl groups excluding tert-OH is 1. The van der Waals surface area contributed by atoms with Gasteiger partial charge in [-0.2, -0.15) is 0 Å². The van der Waals surface area contributed by atoms with Crippen LogP contribution < -0.4 is 0 Å². The van der Waals surface area contributed by atoms with Gasteiger partial charge in [0.15, 0.2) is 17.1 Å². The summed E-state index contributed by atoms with van der Waals surface area (Å²) in [6, 6.07) is 1.44. The molecule has 1 aromatic carbocycles. The molecule has 1 saturated carbocycles. The molecular formula is C21H24O6. The largest absolute Gasteiger partial charge is 0.506 e. The summed E-state index contributed by atoms with van der Waals surface area (Å²) in [5.41, 5.74) is 0.434. The summed E-state index contributed by atoms with van der Waals surface area (Å²) >= 11 is 0. The maximum atomic E-state index is 13.3. The highest BCUT2D eigenvalue weighted by Crippen LogP contribution is 2.60. The molecule has 1 fully saturated rings. The molecule has 0 saturated heterocycles. The molecule has 0 radical (unpaired) electrons. The molecule has 0 aliphatic heterocycles. The smallest absolute Gasteiger partial charge is 0.231 e. The summed E-state index contributed by atoms with van der Waals surface area (Å²) < 4.78 is 11.1. The van der Waals surface area contributed by atoms with Crippen LogP contribution in [0.25, 0.3) is 11.0 Å². The molecular weight excluding hydrogens is 348 g/mol. The van der Waals surface area contributed by atoms with Gasteiger partial charge < -0.3 is 24.5 Å². The van der Waals surface area contributed by atoms with Crippen LogP contribution in [0.4, 0.5) is 0 Å². The fraction of sp³-hybridized carbons (Fsp3) is 0.476. The molecule has 2 aliphatic rings. The number of carbonyl (C=O) groups is 1. The van der Waals surface area contributed by atoms with E-state index in [2.05, 4.69) is 13.8 Å². The fourth-order valence-corrected chi connectivity index (χ4v) is 5.23. The maximum Gasteiger partial charge on any atom is 0.231 e. The Hall–Kier alpha value is -2.47. The van der Waals surface area contributed by atoms with Crippen molar-refractivity contribution >= 4 is 16.8 Å². The van der Waals surface area contributed by atoms with Crippen molar-refractivity contribution in [2.75, 3.05) is 7.11 Å². The Kier molecular flexibility index (Phi) is 3.66. The van der Waals surface area contributed by atoms with Gasteiger partial charge in [0.1, 0.15) is 18.1 Å². The van der Waals surface area contributed by atoms with Crippen LogP contribution >= 0.6 is 0 Å². The van der Waals surface area contributed by atoms with Crippen molar-refractivity contribution in [1.29, 1.82) is 0 Å². The SMILES string of the molecule is COC1=C2C(C)(C)CCC[C@]2(C)c2c(c(O)c3cc(CO)oc3c2O)C1=O. The first-order valence-corrected chi connectivity index (χ1v) is 9.13. The number of phenolic OH excluding ortho intramolecular Hbond substituents is 2. The lowest BCUT2D eigenvalue weighted by Gasteiger charge is -2.49. The lowest BCUT2D eigenvalue weighted by Crippen LogP contribution is -2.43. The molecule has 0 unspecified atom stereocenters. The van der Waals surface area contributed by atoms with Gasteiger partial charge in [-0.1, -0.05) is 27.2 Å². The van der Waals surface area contributed by atoms with Crippen molar-refractivity contribution < 1.29 is 29.3 Å². The Labute approximate surface area is 157 Å². The van der Waals surface area contributed by atoms with E-state index in [4.69, 9.17) is 9.15 Å². The zero-order chi connectivity index (χ0) is 19.7. The van der Waals surface area contributed by atoms with Gasteiger partial charge >= 0.3 is 0 Å². The normalized spacial score (nSPS) is 24.1. The number of methoxy groups -OCH3 is 1. The van der Waals surface area contributed by atoms with E-state index in [0.717, 1.165) is 18.4 Å². The number of aromatic hydroxyl groups is 2. The van der Waals surface area contributed by atoms with Crippen molar-refractivity contribution in [1.82, 2.24) is 0 Å². The molecule has 3 N–H and O–H groups in total. The fourth-order valence-electron chi connectivity index (χ4n) is 5.23. The Morgan fingerprint density at radius 3 is 2.52 bits per heavy atom. The maximum absolute atomic E-state index is 13.3. The van der Waals surface area contributed by atoms with Gasteiger partial charge in [-0.15, -0.1) is 0 Å². The second kappa shape index (κ2) is 5.52. The molecule has 6 nitrogen and oxygen atoms in total. The zero-order valence-corrected chi connectivity index (χ0v) is 16.0. The zero-order valence-electron chi connectivity index (χ0n) is 16.0. The van der Waals surface area contributed by atoms with Gasteiger partial charge in [-0.3, -0.25) is 4.79 Å². The van der Waals surface area contributed by atoms with Crippen molar-refractivity contribution in [3.63, 3.8) is 0 Å². The molecule has 0 spiro atoms. The number of aliphatic hydroxyl groups is 1. The molecule has 4 rings (SSSR count). The minimum Gasteiger partial charge on any atom is -0.506 e. The van der Waals surface area contributed by atoms with Crippen LogP contribution in [0, 0.1) is 5.41 Å². The first kappa shape index (κ1) is 17.9. The summed E-state index contributed by atoms with van der Waals surface area (Å²) in [6.45, 7) is 5.75. The Balaban J connectivity index is 2.16. The van der Waals surface area contributed by atoms with Crippen molar-refractivity contribution in [3.05, 3.63) is 34.3 Å². The van der Waals surface area contributed by atoms with Crippen molar-refractivity contribution in [2.45, 2.75) is 52.1 Å². The van der Waals surface area contributed by atoms with E-state index in [1.54, 1.807) is 0 Å². The predicted octanol–water partition coefficient (Wildman–Crippen LogP) is 3.90. The summed E-state index contributed by atoms with van der Waals surface area (Å²) in [5, 5.41) is 31.6. The summed E-state index contributed by atoms with van der Waals surface area (Å²) in [5.74, 6) is -0.381. The number of hydrogen-bond acceptors (Lipinski definition) is 6. The van der Waals surface area contributed by atoms with Crippen LogP contribution in [0.3, 0.4) is 0 Å². The predicted molar refractivity (Wildman–Crippen MR) is 98.8 cm³/mol. The number of ether oxygens (including phenoxy) is 1. The van der Waals surface area contributed by atoms with E-state index >= 15 is 0 Å². The van der Waals surface area contributed by atoms with Gasteiger partial charge in [0.2, 0.25) is 5.78 Å². The van der Waals surface area contributed by atoms with E-state index < -0.39 is 11.2 Å². The van der Waals surface area contributed by atoms with Gasteiger partial charge in [0.25, 0.3) is 0 Å². The highest BCUT2D eigenvalue weighted by atomic mass is 16.5. The van der Waals surface area contributed by atoms with Crippen LogP contribution in [0.15, 0.2) is 21.8 Å². The van der Waals surface area contributed by atoms with Gasteiger partial charge in [0, 0.05) is 11.0 Å². The monoisotopic (exact) mass is 372 g/mol. The quantitative estimate of drug-likeness (QED) is 0.691. The molecule has 2 aromatic rings. The minimum absolute atomic E-state index is 0.0612. The average Bonchev–Trinajstić information content (AvgIpc) is 3.05. The summed E-state index contributed by atoms with van der Waals surface area (Å²) in [6.07, 6.45) is 2.53. The summed E-state index contributed by atoms with van der Waals surface area (Å²) in [7, 11) is 1.47. The number of ketones is 1. The minimum atomic E-state index is -0.668. The third-order valence-corrected chi connectivity index (χ3v) is 6.26. The molecule has 0 bridgehead atoms. The number of allylic oxidation sites excluding steroid dienone is 2. The van der Waals surface area contributed by atoms with Gasteiger partial charge in [0.05, 0.1) is 18.1 Å². The molecule has 0 amide bonds. The number of furan rings is 1. The number of hydrogen-bond donors (Lipinski definition) is 3. The average molecular weight is 372 g/mol. The number of benzene rings is 1.